The van der Waals surface area contributed by atoms with Crippen molar-refractivity contribution in [3.8, 4) is 0 Å². The van der Waals surface area contributed by atoms with Crippen LogP contribution in [0.4, 0.5) is 0 Å². The molecule has 0 aromatic heterocycles. The van der Waals surface area contributed by atoms with E-state index in [2.05, 4.69) is 20.8 Å². The van der Waals surface area contributed by atoms with Crippen LogP contribution in [0, 0.1) is 46.3 Å². The van der Waals surface area contributed by atoms with E-state index >= 15 is 0 Å². The van der Waals surface area contributed by atoms with Crippen molar-refractivity contribution in [3.05, 3.63) is 0 Å². The Hall–Kier alpha value is -0.280. The van der Waals surface area contributed by atoms with E-state index in [0.717, 1.165) is 77.6 Å². The Morgan fingerprint density at radius 3 is 2.15 bits per heavy atom. The highest BCUT2D eigenvalue weighted by Gasteiger charge is 2.66. The third kappa shape index (κ3) is 6.61. The smallest absolute Gasteiger partial charge is 0.0637 e. The van der Waals surface area contributed by atoms with Gasteiger partial charge in [-0.3, -0.25) is 0 Å². The molecule has 0 aliphatic heterocycles. The van der Waals surface area contributed by atoms with Gasteiger partial charge in [-0.2, -0.15) is 0 Å². The van der Waals surface area contributed by atoms with Crippen molar-refractivity contribution < 1.29 is 19.3 Å². The summed E-state index contributed by atoms with van der Waals surface area (Å²) in [4.78, 5) is 0. The van der Waals surface area contributed by atoms with E-state index in [1.807, 2.05) is 0 Å². The van der Waals surface area contributed by atoms with Gasteiger partial charge >= 0.3 is 0 Å². The monoisotopic (exact) mass is 565 g/mol. The molecule has 7 N–H and O–H groups in total. The summed E-state index contributed by atoms with van der Waals surface area (Å²) < 4.78 is 20.1. The van der Waals surface area contributed by atoms with E-state index in [4.69, 9.17) is 31.4 Å². The van der Waals surface area contributed by atoms with Crippen LogP contribution in [0.2, 0.25) is 0 Å². The van der Waals surface area contributed by atoms with Crippen LogP contribution < -0.4 is 17.2 Å². The van der Waals surface area contributed by atoms with E-state index in [0.29, 0.717) is 72.8 Å². The maximum Gasteiger partial charge on any atom is 0.0637 e. The number of fused-ring (bicyclic) bond motifs is 5. The minimum Gasteiger partial charge on any atom is -0.396 e. The molecule has 4 aliphatic carbocycles. The SMILES string of the molecule is C[C@H](CCCO)[C@H]1CC[C@H]2[C@@H]3[C@H](OCCCN)CC4C[C@H](OCCCN)CC[C@]4(C)[C@H]3C[C@H](OCCCN)[C@]12C. The van der Waals surface area contributed by atoms with E-state index in [1.54, 1.807) is 0 Å². The molecule has 0 bridgehead atoms. The molecule has 0 amide bonds. The Bertz CT molecular complexity index is 757. The standard InChI is InChI=1S/C33H63N3O4/c1-23(8-4-16-37)26-9-10-27-31-28(22-30(33(26,27)3)40-19-7-15-36)32(2)12-11-25(38-17-5-13-34)20-24(32)21-29(31)39-18-6-14-35/h23-31,37H,4-22,34-36H2,1-3H3/t23-,24?,25-,26-,27+,28+,29-,30+,31+,32+,33-/m1/s1. The molecule has 4 aliphatic rings. The van der Waals surface area contributed by atoms with Crippen LogP contribution in [-0.2, 0) is 14.2 Å². The predicted octanol–water partition coefficient (Wildman–Crippen LogP) is 4.48. The summed E-state index contributed by atoms with van der Waals surface area (Å²) in [6.07, 6.45) is 14.0. The molecule has 4 fully saturated rings. The van der Waals surface area contributed by atoms with Crippen molar-refractivity contribution in [1.29, 1.82) is 0 Å². The fraction of sp³-hybridized carbons (Fsp3) is 1.00. The van der Waals surface area contributed by atoms with Gasteiger partial charge in [0.2, 0.25) is 0 Å². The first-order chi connectivity index (χ1) is 19.3. The molecule has 0 spiro atoms. The Labute approximate surface area is 245 Å². The van der Waals surface area contributed by atoms with Crippen LogP contribution in [0.1, 0.15) is 97.8 Å². The van der Waals surface area contributed by atoms with Gasteiger partial charge in [0.1, 0.15) is 0 Å². The van der Waals surface area contributed by atoms with Crippen molar-refractivity contribution in [2.45, 2.75) is 116 Å². The number of nitrogens with two attached hydrogens (primary N) is 3. The zero-order chi connectivity index (χ0) is 28.8. The topological polar surface area (TPSA) is 126 Å². The van der Waals surface area contributed by atoms with Gasteiger partial charge in [-0.1, -0.05) is 20.8 Å². The lowest BCUT2D eigenvalue weighted by molar-refractivity contribution is -0.227. The molecule has 7 heteroatoms. The molecule has 0 aromatic rings. The quantitative estimate of drug-likeness (QED) is 0.203. The fourth-order valence-corrected chi connectivity index (χ4v) is 10.2. The van der Waals surface area contributed by atoms with Gasteiger partial charge < -0.3 is 36.5 Å². The fourth-order valence-electron chi connectivity index (χ4n) is 10.2. The Kier molecular flexibility index (Phi) is 12.2. The molecule has 0 heterocycles. The van der Waals surface area contributed by atoms with Gasteiger partial charge in [0.25, 0.3) is 0 Å². The summed E-state index contributed by atoms with van der Waals surface area (Å²) in [5, 5.41) is 9.58. The van der Waals surface area contributed by atoms with Crippen LogP contribution in [0.5, 0.6) is 0 Å². The van der Waals surface area contributed by atoms with Crippen LogP contribution in [-0.4, -0.2) is 69.5 Å². The number of aliphatic hydroxyl groups excluding tert-OH is 1. The first-order valence-electron chi connectivity index (χ1n) is 16.9. The lowest BCUT2D eigenvalue weighted by Gasteiger charge is -2.65. The van der Waals surface area contributed by atoms with Crippen molar-refractivity contribution in [3.63, 3.8) is 0 Å². The number of ether oxygens (including phenoxy) is 3. The molecule has 0 radical (unpaired) electrons. The molecule has 0 aromatic carbocycles. The first-order valence-corrected chi connectivity index (χ1v) is 16.9. The zero-order valence-corrected chi connectivity index (χ0v) is 26.0. The van der Waals surface area contributed by atoms with Gasteiger partial charge in [-0.05, 0) is 138 Å². The van der Waals surface area contributed by atoms with Gasteiger partial charge in [-0.25, -0.2) is 0 Å². The molecule has 4 saturated carbocycles. The number of hydrogen-bond acceptors (Lipinski definition) is 7. The largest absolute Gasteiger partial charge is 0.396 e. The third-order valence-electron chi connectivity index (χ3n) is 12.3. The summed E-state index contributed by atoms with van der Waals surface area (Å²) in [5.41, 5.74) is 18.0. The molecular formula is C33H63N3O4. The predicted molar refractivity (Wildman–Crippen MR) is 162 cm³/mol. The molecule has 7 nitrogen and oxygen atoms in total. The van der Waals surface area contributed by atoms with E-state index in [1.165, 1.54) is 19.3 Å². The van der Waals surface area contributed by atoms with Crippen molar-refractivity contribution in [2.24, 2.45) is 63.5 Å². The maximum absolute atomic E-state index is 9.58. The average molecular weight is 566 g/mol. The van der Waals surface area contributed by atoms with Gasteiger partial charge in [0.15, 0.2) is 0 Å². The second-order valence-electron chi connectivity index (χ2n) is 14.3. The Morgan fingerprint density at radius 2 is 1.48 bits per heavy atom. The number of hydrogen-bond donors (Lipinski definition) is 4. The highest BCUT2D eigenvalue weighted by Crippen LogP contribution is 2.69. The van der Waals surface area contributed by atoms with Gasteiger partial charge in [-0.15, -0.1) is 0 Å². The summed E-state index contributed by atoms with van der Waals surface area (Å²) in [7, 11) is 0. The zero-order valence-electron chi connectivity index (χ0n) is 26.0. The molecule has 1 unspecified atom stereocenters. The third-order valence-corrected chi connectivity index (χ3v) is 12.3. The van der Waals surface area contributed by atoms with Crippen LogP contribution in [0.15, 0.2) is 0 Å². The second kappa shape index (κ2) is 14.9. The summed E-state index contributed by atoms with van der Waals surface area (Å²) in [5.74, 6) is 3.60. The van der Waals surface area contributed by atoms with E-state index in [9.17, 15) is 5.11 Å². The lowest BCUT2D eigenvalue weighted by atomic mass is 9.43. The Balaban J connectivity index is 1.64. The molecule has 11 atom stereocenters. The van der Waals surface area contributed by atoms with Gasteiger partial charge in [0, 0.05) is 31.8 Å². The van der Waals surface area contributed by atoms with Crippen molar-refractivity contribution in [2.75, 3.05) is 46.1 Å². The van der Waals surface area contributed by atoms with Crippen LogP contribution >= 0.6 is 0 Å². The molecule has 0 saturated heterocycles. The molecule has 4 rings (SSSR count). The first kappa shape index (κ1) is 32.6. The highest BCUT2D eigenvalue weighted by molar-refractivity contribution is 5.15. The highest BCUT2D eigenvalue weighted by atomic mass is 16.5. The second-order valence-corrected chi connectivity index (χ2v) is 14.3. The number of aliphatic hydroxyl groups is 1. The average Bonchev–Trinajstić information content (AvgIpc) is 3.31. The molecule has 40 heavy (non-hydrogen) atoms. The van der Waals surface area contributed by atoms with Crippen molar-refractivity contribution in [1.82, 2.24) is 0 Å². The summed E-state index contributed by atoms with van der Waals surface area (Å²) in [6, 6.07) is 0. The minimum atomic E-state index is 0.131. The maximum atomic E-state index is 9.58. The molecular weight excluding hydrogens is 502 g/mol. The summed E-state index contributed by atoms with van der Waals surface area (Å²) >= 11 is 0. The van der Waals surface area contributed by atoms with Gasteiger partial charge in [0.05, 0.1) is 18.3 Å². The van der Waals surface area contributed by atoms with Crippen LogP contribution in [0.3, 0.4) is 0 Å². The van der Waals surface area contributed by atoms with Crippen molar-refractivity contribution >= 4 is 0 Å². The normalized spacial score (nSPS) is 41.8. The Morgan fingerprint density at radius 1 is 0.800 bits per heavy atom. The molecule has 234 valence electrons. The number of rotatable bonds is 16. The summed E-state index contributed by atoms with van der Waals surface area (Å²) in [6.45, 7) is 12.2. The minimum absolute atomic E-state index is 0.131. The lowest BCUT2D eigenvalue weighted by Crippen LogP contribution is -2.63. The van der Waals surface area contributed by atoms with E-state index in [-0.39, 0.29) is 18.1 Å². The van der Waals surface area contributed by atoms with Crippen LogP contribution in [0.25, 0.3) is 0 Å². The van der Waals surface area contributed by atoms with E-state index < -0.39 is 0 Å².